The molecule has 144 valence electrons. The molecule has 3 aromatic rings. The number of para-hydroxylation sites is 1. The molecule has 0 spiro atoms. The van der Waals surface area contributed by atoms with Crippen LogP contribution in [0, 0.1) is 0 Å². The van der Waals surface area contributed by atoms with Gasteiger partial charge in [0.25, 0.3) is 0 Å². The van der Waals surface area contributed by atoms with Gasteiger partial charge in [0.1, 0.15) is 12.2 Å². The van der Waals surface area contributed by atoms with Crippen LogP contribution < -0.4 is 5.32 Å². The summed E-state index contributed by atoms with van der Waals surface area (Å²) in [7, 11) is 0. The van der Waals surface area contributed by atoms with E-state index in [2.05, 4.69) is 37.5 Å². The molecular formula is C21H23N5OS. The van der Waals surface area contributed by atoms with Crippen LogP contribution in [0.2, 0.25) is 0 Å². The van der Waals surface area contributed by atoms with Crippen molar-refractivity contribution in [3.8, 4) is 0 Å². The molecule has 2 heterocycles. The lowest BCUT2D eigenvalue weighted by Gasteiger charge is -2.31. The van der Waals surface area contributed by atoms with E-state index in [0.717, 1.165) is 47.2 Å². The molecule has 0 radical (unpaired) electrons. The van der Waals surface area contributed by atoms with E-state index >= 15 is 0 Å². The lowest BCUT2D eigenvalue weighted by atomic mass is 9.97. The second-order valence-corrected chi connectivity index (χ2v) is 8.02. The van der Waals surface area contributed by atoms with Crippen LogP contribution in [-0.4, -0.2) is 45.6 Å². The number of piperidine rings is 1. The number of carbonyl (C=O) groups excluding carboxylic acids is 1. The predicted octanol–water partition coefficient (Wildman–Crippen LogP) is 3.77. The van der Waals surface area contributed by atoms with Gasteiger partial charge in [-0.1, -0.05) is 42.1 Å². The average Bonchev–Trinajstić information content (AvgIpc) is 3.25. The quantitative estimate of drug-likeness (QED) is 0.667. The number of hydrogen-bond donors (Lipinski definition) is 2. The van der Waals surface area contributed by atoms with Crippen molar-refractivity contribution in [3.63, 3.8) is 0 Å². The number of amides is 1. The van der Waals surface area contributed by atoms with E-state index in [1.54, 1.807) is 18.1 Å². The summed E-state index contributed by atoms with van der Waals surface area (Å²) < 4.78 is 0. The summed E-state index contributed by atoms with van der Waals surface area (Å²) in [6, 6.07) is 18.1. The summed E-state index contributed by atoms with van der Waals surface area (Å²) in [4.78, 5) is 21.3. The Hall–Kier alpha value is -2.64. The number of carbonyl (C=O) groups is 1. The number of nitrogens with one attached hydrogen (secondary N) is 2. The Morgan fingerprint density at radius 1 is 1.18 bits per heavy atom. The molecule has 1 aromatic heterocycles. The maximum Gasteiger partial charge on any atom is 0.238 e. The second-order valence-electron chi connectivity index (χ2n) is 6.90. The first-order chi connectivity index (χ1) is 13.8. The summed E-state index contributed by atoms with van der Waals surface area (Å²) in [5.41, 5.74) is 0.852. The summed E-state index contributed by atoms with van der Waals surface area (Å²) >= 11 is 1.65. The fraction of sp³-hybridized carbons (Fsp3) is 0.286. The predicted molar refractivity (Wildman–Crippen MR) is 110 cm³/mol. The highest BCUT2D eigenvalue weighted by Gasteiger charge is 2.24. The molecule has 2 N–H and O–H groups in total. The van der Waals surface area contributed by atoms with Gasteiger partial charge >= 0.3 is 0 Å². The Balaban J connectivity index is 1.37. The maximum absolute atomic E-state index is 12.7. The normalized spacial score (nSPS) is 17.4. The molecule has 1 amide bonds. The third-order valence-corrected chi connectivity index (χ3v) is 5.91. The van der Waals surface area contributed by atoms with Gasteiger partial charge in [0.05, 0.1) is 12.2 Å². The summed E-state index contributed by atoms with van der Waals surface area (Å²) in [5, 5.41) is 10.00. The fourth-order valence-electron chi connectivity index (χ4n) is 3.50. The van der Waals surface area contributed by atoms with E-state index in [0.29, 0.717) is 12.5 Å². The molecule has 1 fully saturated rings. The third kappa shape index (κ3) is 4.79. The molecule has 1 aliphatic rings. The Labute approximate surface area is 168 Å². The van der Waals surface area contributed by atoms with E-state index in [1.807, 2.05) is 42.5 Å². The molecule has 1 saturated heterocycles. The minimum absolute atomic E-state index is 0.0133. The van der Waals surface area contributed by atoms with Crippen LogP contribution in [0.15, 0.2) is 70.7 Å². The lowest BCUT2D eigenvalue weighted by Crippen LogP contribution is -2.40. The molecule has 0 aliphatic carbocycles. The SMILES string of the molecule is O=C(CN1CCCC(c2ncn[nH]2)C1)Nc1ccccc1Sc1ccccc1. The van der Waals surface area contributed by atoms with Crippen LogP contribution in [0.1, 0.15) is 24.6 Å². The van der Waals surface area contributed by atoms with Crippen molar-refractivity contribution in [2.24, 2.45) is 0 Å². The minimum Gasteiger partial charge on any atom is -0.324 e. The zero-order chi connectivity index (χ0) is 19.2. The van der Waals surface area contributed by atoms with Crippen LogP contribution in [-0.2, 0) is 4.79 Å². The first-order valence-corrected chi connectivity index (χ1v) is 10.3. The molecule has 1 aliphatic heterocycles. The smallest absolute Gasteiger partial charge is 0.238 e. The Bertz CT molecular complexity index is 900. The highest BCUT2D eigenvalue weighted by Crippen LogP contribution is 2.33. The van der Waals surface area contributed by atoms with Crippen LogP contribution >= 0.6 is 11.8 Å². The van der Waals surface area contributed by atoms with E-state index < -0.39 is 0 Å². The first-order valence-electron chi connectivity index (χ1n) is 9.47. The van der Waals surface area contributed by atoms with Gasteiger partial charge in [-0.15, -0.1) is 0 Å². The van der Waals surface area contributed by atoms with Crippen molar-refractivity contribution in [3.05, 3.63) is 66.7 Å². The topological polar surface area (TPSA) is 73.9 Å². The van der Waals surface area contributed by atoms with Crippen molar-refractivity contribution < 1.29 is 4.79 Å². The third-order valence-electron chi connectivity index (χ3n) is 4.83. The van der Waals surface area contributed by atoms with Gasteiger partial charge in [-0.3, -0.25) is 14.8 Å². The number of aromatic amines is 1. The van der Waals surface area contributed by atoms with Crippen molar-refractivity contribution in [1.29, 1.82) is 0 Å². The molecule has 2 aromatic carbocycles. The van der Waals surface area contributed by atoms with Gasteiger partial charge in [-0.05, 0) is 43.7 Å². The van der Waals surface area contributed by atoms with Crippen LogP contribution in [0.5, 0.6) is 0 Å². The first kappa shape index (κ1) is 18.7. The maximum atomic E-state index is 12.7. The molecule has 0 bridgehead atoms. The molecular weight excluding hydrogens is 370 g/mol. The number of likely N-dealkylation sites (tertiary alicyclic amines) is 1. The van der Waals surface area contributed by atoms with Gasteiger partial charge in [0, 0.05) is 22.3 Å². The number of benzene rings is 2. The van der Waals surface area contributed by atoms with Gasteiger partial charge in [-0.2, -0.15) is 5.10 Å². The van der Waals surface area contributed by atoms with Gasteiger partial charge in [0.2, 0.25) is 5.91 Å². The zero-order valence-electron chi connectivity index (χ0n) is 15.5. The number of H-pyrrole nitrogens is 1. The number of rotatable bonds is 6. The molecule has 0 saturated carbocycles. The number of aromatic nitrogens is 3. The minimum atomic E-state index is 0.0133. The van der Waals surface area contributed by atoms with Crippen molar-refractivity contribution in [1.82, 2.24) is 20.1 Å². The fourth-order valence-corrected chi connectivity index (χ4v) is 4.42. The molecule has 28 heavy (non-hydrogen) atoms. The molecule has 1 unspecified atom stereocenters. The number of nitrogens with zero attached hydrogens (tertiary/aromatic N) is 3. The summed E-state index contributed by atoms with van der Waals surface area (Å²) in [5.74, 6) is 1.24. The molecule has 4 rings (SSSR count). The van der Waals surface area contributed by atoms with E-state index in [1.165, 1.54) is 0 Å². The number of hydrogen-bond acceptors (Lipinski definition) is 5. The van der Waals surface area contributed by atoms with Crippen LogP contribution in [0.3, 0.4) is 0 Å². The van der Waals surface area contributed by atoms with Crippen LogP contribution in [0.25, 0.3) is 0 Å². The van der Waals surface area contributed by atoms with Gasteiger partial charge in [0.15, 0.2) is 0 Å². The van der Waals surface area contributed by atoms with Crippen LogP contribution in [0.4, 0.5) is 5.69 Å². The monoisotopic (exact) mass is 393 g/mol. The standard InChI is InChI=1S/C21H23N5OS/c27-20(14-26-12-6-7-16(13-26)21-22-15-23-25-21)24-18-10-4-5-11-19(18)28-17-8-2-1-3-9-17/h1-5,8-11,15-16H,6-7,12-14H2,(H,24,27)(H,22,23,25). The van der Waals surface area contributed by atoms with E-state index in [9.17, 15) is 4.79 Å². The average molecular weight is 394 g/mol. The Morgan fingerprint density at radius 2 is 2.00 bits per heavy atom. The second kappa shape index (κ2) is 9.03. The van der Waals surface area contributed by atoms with Crippen molar-refractivity contribution in [2.75, 3.05) is 25.0 Å². The summed E-state index contributed by atoms with van der Waals surface area (Å²) in [6.07, 6.45) is 3.67. The summed E-state index contributed by atoms with van der Waals surface area (Å²) in [6.45, 7) is 2.14. The lowest BCUT2D eigenvalue weighted by molar-refractivity contribution is -0.117. The Morgan fingerprint density at radius 3 is 2.82 bits per heavy atom. The highest BCUT2D eigenvalue weighted by atomic mass is 32.2. The van der Waals surface area contributed by atoms with Gasteiger partial charge in [-0.25, -0.2) is 4.98 Å². The van der Waals surface area contributed by atoms with E-state index in [-0.39, 0.29) is 5.91 Å². The molecule has 6 nitrogen and oxygen atoms in total. The van der Waals surface area contributed by atoms with Gasteiger partial charge < -0.3 is 5.32 Å². The van der Waals surface area contributed by atoms with Crippen molar-refractivity contribution >= 4 is 23.4 Å². The van der Waals surface area contributed by atoms with E-state index in [4.69, 9.17) is 0 Å². The van der Waals surface area contributed by atoms with Crippen molar-refractivity contribution in [2.45, 2.75) is 28.6 Å². The number of anilines is 1. The highest BCUT2D eigenvalue weighted by molar-refractivity contribution is 7.99. The Kier molecular flexibility index (Phi) is 6.04. The largest absolute Gasteiger partial charge is 0.324 e. The zero-order valence-corrected chi connectivity index (χ0v) is 16.4. The molecule has 1 atom stereocenters. The molecule has 7 heteroatoms.